The molecule has 7 nitrogen and oxygen atoms in total. The summed E-state index contributed by atoms with van der Waals surface area (Å²) in [6.07, 6.45) is 2.50. The molecule has 144 valence electrons. The summed E-state index contributed by atoms with van der Waals surface area (Å²) in [5, 5.41) is 2.81. The Morgan fingerprint density at radius 3 is 2.52 bits per heavy atom. The molecule has 1 N–H and O–H groups in total. The number of nitrogens with one attached hydrogen (secondary N) is 1. The molecule has 0 unspecified atom stereocenters. The molecular weight excluding hydrogens is 346 g/mol. The molecule has 7 heteroatoms. The lowest BCUT2D eigenvalue weighted by Gasteiger charge is -2.12. The van der Waals surface area contributed by atoms with Crippen LogP contribution in [0.3, 0.4) is 0 Å². The van der Waals surface area contributed by atoms with Gasteiger partial charge in [0.15, 0.2) is 17.3 Å². The first-order valence-corrected chi connectivity index (χ1v) is 8.65. The lowest BCUT2D eigenvalue weighted by molar-refractivity contribution is -0.116. The number of Topliss-reactive ketones (excluding diaryl/α,β-unsaturated/α-hetero) is 1. The van der Waals surface area contributed by atoms with Crippen LogP contribution in [0.15, 0.2) is 36.5 Å². The van der Waals surface area contributed by atoms with Crippen molar-refractivity contribution in [2.45, 2.75) is 19.8 Å². The van der Waals surface area contributed by atoms with Crippen molar-refractivity contribution in [1.82, 2.24) is 4.98 Å². The molecule has 27 heavy (non-hydrogen) atoms. The van der Waals surface area contributed by atoms with Gasteiger partial charge in [0.1, 0.15) is 5.82 Å². The third kappa shape index (κ3) is 5.99. The zero-order valence-electron chi connectivity index (χ0n) is 16.1. The smallest absolute Gasteiger partial charge is 0.224 e. The van der Waals surface area contributed by atoms with E-state index in [2.05, 4.69) is 10.3 Å². The Morgan fingerprint density at radius 1 is 1.15 bits per heavy atom. The fraction of sp³-hybridized carbons (Fsp3) is 0.350. The number of hydrogen-bond donors (Lipinski definition) is 1. The first-order valence-electron chi connectivity index (χ1n) is 8.65. The van der Waals surface area contributed by atoms with Crippen molar-refractivity contribution in [3.8, 4) is 11.5 Å². The van der Waals surface area contributed by atoms with E-state index in [1.165, 1.54) is 14.0 Å². The highest BCUT2D eigenvalue weighted by molar-refractivity contribution is 5.94. The van der Waals surface area contributed by atoms with Gasteiger partial charge < -0.3 is 19.7 Å². The third-order valence-electron chi connectivity index (χ3n) is 3.87. The van der Waals surface area contributed by atoms with Crippen LogP contribution < -0.4 is 19.7 Å². The number of nitrogens with zero attached hydrogens (tertiary/aromatic N) is 2. The zero-order valence-corrected chi connectivity index (χ0v) is 16.1. The van der Waals surface area contributed by atoms with Crippen LogP contribution in [-0.4, -0.2) is 44.5 Å². The first kappa shape index (κ1) is 20.2. The summed E-state index contributed by atoms with van der Waals surface area (Å²) in [5.41, 5.74) is 1.22. The summed E-state index contributed by atoms with van der Waals surface area (Å²) < 4.78 is 10.9. The highest BCUT2D eigenvalue weighted by Crippen LogP contribution is 2.28. The Balaban J connectivity index is 1.79. The average Bonchev–Trinajstić information content (AvgIpc) is 2.65. The van der Waals surface area contributed by atoms with E-state index in [0.29, 0.717) is 42.2 Å². The number of pyridine rings is 1. The second kappa shape index (κ2) is 9.56. The second-order valence-electron chi connectivity index (χ2n) is 6.22. The Kier molecular flexibility index (Phi) is 7.16. The van der Waals surface area contributed by atoms with Crippen LogP contribution in [0.25, 0.3) is 0 Å². The fourth-order valence-electron chi connectivity index (χ4n) is 2.37. The Bertz CT molecular complexity index is 788. The molecular formula is C20H25N3O4. The van der Waals surface area contributed by atoms with E-state index in [9.17, 15) is 9.59 Å². The van der Waals surface area contributed by atoms with Gasteiger partial charge in [-0.05, 0) is 43.7 Å². The highest BCUT2D eigenvalue weighted by Gasteiger charge is 2.09. The Morgan fingerprint density at radius 2 is 1.93 bits per heavy atom. The van der Waals surface area contributed by atoms with Crippen LogP contribution in [0.5, 0.6) is 11.5 Å². The van der Waals surface area contributed by atoms with Crippen molar-refractivity contribution in [2.75, 3.05) is 38.0 Å². The molecule has 0 bridgehead atoms. The van der Waals surface area contributed by atoms with Crippen molar-refractivity contribution in [3.05, 3.63) is 42.1 Å². The van der Waals surface area contributed by atoms with Gasteiger partial charge in [0.2, 0.25) is 5.91 Å². The summed E-state index contributed by atoms with van der Waals surface area (Å²) in [7, 11) is 5.33. The molecule has 2 aromatic rings. The van der Waals surface area contributed by atoms with Crippen LogP contribution in [-0.2, 0) is 4.79 Å². The second-order valence-corrected chi connectivity index (χ2v) is 6.22. The lowest BCUT2D eigenvalue weighted by atomic mass is 10.1. The van der Waals surface area contributed by atoms with Gasteiger partial charge in [0, 0.05) is 26.1 Å². The van der Waals surface area contributed by atoms with E-state index in [1.54, 1.807) is 24.4 Å². The molecule has 0 spiro atoms. The number of aromatic nitrogens is 1. The largest absolute Gasteiger partial charge is 0.493 e. The van der Waals surface area contributed by atoms with Gasteiger partial charge >= 0.3 is 0 Å². The summed E-state index contributed by atoms with van der Waals surface area (Å²) in [4.78, 5) is 29.6. The van der Waals surface area contributed by atoms with Crippen LogP contribution in [0.1, 0.15) is 30.1 Å². The van der Waals surface area contributed by atoms with Crippen molar-refractivity contribution >= 4 is 23.2 Å². The Labute approximate surface area is 159 Å². The molecule has 0 saturated carbocycles. The van der Waals surface area contributed by atoms with Crippen molar-refractivity contribution in [1.29, 1.82) is 0 Å². The van der Waals surface area contributed by atoms with E-state index >= 15 is 0 Å². The van der Waals surface area contributed by atoms with Gasteiger partial charge in [-0.25, -0.2) is 4.98 Å². The maximum Gasteiger partial charge on any atom is 0.224 e. The number of benzene rings is 1. The highest BCUT2D eigenvalue weighted by atomic mass is 16.5. The minimum absolute atomic E-state index is 0.0374. The molecule has 0 aliphatic carbocycles. The first-order chi connectivity index (χ1) is 12.9. The standard InChI is InChI=1S/C20H25N3O4/c1-14(24)15-7-9-17(18(12-15)26-4)27-11-5-6-20(25)22-16-8-10-19(21-13-16)23(2)3/h7-10,12-13H,5-6,11H2,1-4H3,(H,22,25). The zero-order chi connectivity index (χ0) is 19.8. The number of rotatable bonds is 9. The van der Waals surface area contributed by atoms with E-state index in [1.807, 2.05) is 31.1 Å². The third-order valence-corrected chi connectivity index (χ3v) is 3.87. The monoisotopic (exact) mass is 371 g/mol. The summed E-state index contributed by atoms with van der Waals surface area (Å²) in [6, 6.07) is 8.70. The minimum atomic E-state index is -0.100. The number of carbonyl (C=O) groups is 2. The fourth-order valence-corrected chi connectivity index (χ4v) is 2.37. The minimum Gasteiger partial charge on any atom is -0.493 e. The molecule has 1 aromatic heterocycles. The lowest BCUT2D eigenvalue weighted by Crippen LogP contribution is -2.14. The van der Waals surface area contributed by atoms with Crippen LogP contribution in [0.4, 0.5) is 11.5 Å². The predicted molar refractivity (Wildman–Crippen MR) is 105 cm³/mol. The van der Waals surface area contributed by atoms with Gasteiger partial charge in [0.05, 0.1) is 25.6 Å². The number of hydrogen-bond acceptors (Lipinski definition) is 6. The normalized spacial score (nSPS) is 10.2. The van der Waals surface area contributed by atoms with E-state index < -0.39 is 0 Å². The number of amides is 1. The molecule has 0 atom stereocenters. The van der Waals surface area contributed by atoms with Crippen LogP contribution in [0.2, 0.25) is 0 Å². The SMILES string of the molecule is COc1cc(C(C)=O)ccc1OCCCC(=O)Nc1ccc(N(C)C)nc1. The molecule has 0 fully saturated rings. The van der Waals surface area contributed by atoms with Crippen molar-refractivity contribution in [2.24, 2.45) is 0 Å². The van der Waals surface area contributed by atoms with Crippen LogP contribution in [0, 0.1) is 0 Å². The quantitative estimate of drug-likeness (QED) is 0.539. The molecule has 2 rings (SSSR count). The van der Waals surface area contributed by atoms with E-state index in [4.69, 9.17) is 9.47 Å². The summed E-state index contributed by atoms with van der Waals surface area (Å²) in [5.74, 6) is 1.73. The molecule has 0 aliphatic heterocycles. The molecule has 1 heterocycles. The van der Waals surface area contributed by atoms with Crippen molar-refractivity contribution in [3.63, 3.8) is 0 Å². The number of carbonyl (C=O) groups excluding carboxylic acids is 2. The molecule has 1 aromatic carbocycles. The number of ether oxygens (including phenoxy) is 2. The van der Waals surface area contributed by atoms with E-state index in [-0.39, 0.29) is 11.7 Å². The van der Waals surface area contributed by atoms with Crippen LogP contribution >= 0.6 is 0 Å². The van der Waals surface area contributed by atoms with Gasteiger partial charge in [-0.15, -0.1) is 0 Å². The number of anilines is 2. The maximum absolute atomic E-state index is 12.0. The predicted octanol–water partition coefficient (Wildman–Crippen LogP) is 3.16. The summed E-state index contributed by atoms with van der Waals surface area (Å²) >= 11 is 0. The molecule has 0 saturated heterocycles. The van der Waals surface area contributed by atoms with Crippen molar-refractivity contribution < 1.29 is 19.1 Å². The average molecular weight is 371 g/mol. The molecule has 0 radical (unpaired) electrons. The topological polar surface area (TPSA) is 80.8 Å². The number of ketones is 1. The maximum atomic E-state index is 12.0. The molecule has 0 aliphatic rings. The molecule has 1 amide bonds. The summed E-state index contributed by atoms with van der Waals surface area (Å²) in [6.45, 7) is 1.86. The Hall–Kier alpha value is -3.09. The van der Waals surface area contributed by atoms with Gasteiger partial charge in [-0.2, -0.15) is 0 Å². The number of methoxy groups -OCH3 is 1. The van der Waals surface area contributed by atoms with Gasteiger partial charge in [-0.3, -0.25) is 9.59 Å². The van der Waals surface area contributed by atoms with Gasteiger partial charge in [-0.1, -0.05) is 0 Å². The van der Waals surface area contributed by atoms with E-state index in [0.717, 1.165) is 5.82 Å². The van der Waals surface area contributed by atoms with Gasteiger partial charge in [0.25, 0.3) is 0 Å².